The maximum Gasteiger partial charge on any atom is 0.0746 e. The molecule has 3 heteroatoms. The van der Waals surface area contributed by atoms with E-state index in [-0.39, 0.29) is 0 Å². The molecule has 4 unspecified atom stereocenters. The SMILES string of the molecule is CCCCCC1CCC2C1CCC1NCNN12. The van der Waals surface area contributed by atoms with Gasteiger partial charge in [-0.2, -0.15) is 0 Å². The van der Waals surface area contributed by atoms with Gasteiger partial charge in [0.1, 0.15) is 0 Å². The van der Waals surface area contributed by atoms with Crippen LogP contribution in [0.4, 0.5) is 0 Å². The van der Waals surface area contributed by atoms with Crippen LogP contribution < -0.4 is 10.7 Å². The third kappa shape index (κ3) is 2.25. The van der Waals surface area contributed by atoms with Gasteiger partial charge in [-0.15, -0.1) is 0 Å². The van der Waals surface area contributed by atoms with Crippen molar-refractivity contribution in [1.29, 1.82) is 0 Å². The van der Waals surface area contributed by atoms with Crippen LogP contribution in [0.15, 0.2) is 0 Å². The van der Waals surface area contributed by atoms with Gasteiger partial charge in [-0.05, 0) is 37.5 Å². The van der Waals surface area contributed by atoms with E-state index in [4.69, 9.17) is 0 Å². The lowest BCUT2D eigenvalue weighted by Crippen LogP contribution is -2.52. The quantitative estimate of drug-likeness (QED) is 0.736. The van der Waals surface area contributed by atoms with Crippen molar-refractivity contribution in [3.05, 3.63) is 0 Å². The van der Waals surface area contributed by atoms with E-state index in [0.717, 1.165) is 24.5 Å². The molecule has 2 saturated heterocycles. The molecule has 3 aliphatic rings. The normalized spacial score (nSPS) is 41.5. The van der Waals surface area contributed by atoms with E-state index in [2.05, 4.69) is 22.7 Å². The molecule has 1 aliphatic carbocycles. The lowest BCUT2D eigenvalue weighted by molar-refractivity contribution is 0.0305. The fraction of sp³-hybridized carbons (Fsp3) is 1.00. The van der Waals surface area contributed by atoms with Crippen molar-refractivity contribution >= 4 is 0 Å². The Kier molecular flexibility index (Phi) is 3.69. The van der Waals surface area contributed by atoms with E-state index in [1.165, 1.54) is 51.4 Å². The Morgan fingerprint density at radius 1 is 1.12 bits per heavy atom. The fourth-order valence-electron chi connectivity index (χ4n) is 4.32. The van der Waals surface area contributed by atoms with Crippen LogP contribution in [0.3, 0.4) is 0 Å². The molecule has 0 aromatic carbocycles. The topological polar surface area (TPSA) is 27.3 Å². The van der Waals surface area contributed by atoms with Gasteiger partial charge < -0.3 is 0 Å². The Labute approximate surface area is 105 Å². The van der Waals surface area contributed by atoms with Gasteiger partial charge in [-0.25, -0.2) is 10.4 Å². The molecular weight excluding hydrogens is 210 g/mol. The monoisotopic (exact) mass is 237 g/mol. The van der Waals surface area contributed by atoms with Crippen molar-refractivity contribution in [1.82, 2.24) is 15.8 Å². The van der Waals surface area contributed by atoms with Gasteiger partial charge in [-0.1, -0.05) is 32.6 Å². The molecule has 17 heavy (non-hydrogen) atoms. The number of nitrogens with zero attached hydrogens (tertiary/aromatic N) is 1. The van der Waals surface area contributed by atoms with Crippen molar-refractivity contribution < 1.29 is 0 Å². The van der Waals surface area contributed by atoms with Crippen molar-refractivity contribution in [2.75, 3.05) is 6.67 Å². The average molecular weight is 237 g/mol. The molecule has 3 nitrogen and oxygen atoms in total. The number of unbranched alkanes of at least 4 members (excludes halogenated alkanes) is 2. The summed E-state index contributed by atoms with van der Waals surface area (Å²) in [7, 11) is 0. The van der Waals surface area contributed by atoms with Crippen LogP contribution in [0.25, 0.3) is 0 Å². The Morgan fingerprint density at radius 3 is 2.94 bits per heavy atom. The molecule has 2 aliphatic heterocycles. The van der Waals surface area contributed by atoms with E-state index < -0.39 is 0 Å². The van der Waals surface area contributed by atoms with Gasteiger partial charge in [0, 0.05) is 6.04 Å². The summed E-state index contributed by atoms with van der Waals surface area (Å²) in [6.45, 7) is 3.29. The van der Waals surface area contributed by atoms with Gasteiger partial charge in [0.15, 0.2) is 0 Å². The minimum absolute atomic E-state index is 0.630. The fourth-order valence-corrected chi connectivity index (χ4v) is 4.32. The highest BCUT2D eigenvalue weighted by Crippen LogP contribution is 2.44. The van der Waals surface area contributed by atoms with Gasteiger partial charge >= 0.3 is 0 Å². The molecule has 1 saturated carbocycles. The third-order valence-corrected chi connectivity index (χ3v) is 5.18. The van der Waals surface area contributed by atoms with E-state index in [0.29, 0.717) is 6.17 Å². The number of fused-ring (bicyclic) bond motifs is 3. The highest BCUT2D eigenvalue weighted by molar-refractivity contribution is 4.96. The summed E-state index contributed by atoms with van der Waals surface area (Å²) >= 11 is 0. The van der Waals surface area contributed by atoms with Crippen molar-refractivity contribution in [3.8, 4) is 0 Å². The Hall–Kier alpha value is -0.120. The van der Waals surface area contributed by atoms with E-state index in [1.807, 2.05) is 0 Å². The van der Waals surface area contributed by atoms with Crippen LogP contribution >= 0.6 is 0 Å². The van der Waals surface area contributed by atoms with Gasteiger partial charge in [0.2, 0.25) is 0 Å². The van der Waals surface area contributed by atoms with Crippen LogP contribution in [0.1, 0.15) is 58.3 Å². The predicted molar refractivity (Wildman–Crippen MR) is 70.1 cm³/mol. The predicted octanol–water partition coefficient (Wildman–Crippen LogP) is 2.45. The molecule has 0 bridgehead atoms. The summed E-state index contributed by atoms with van der Waals surface area (Å²) in [4.78, 5) is 0. The first-order valence-corrected chi connectivity index (χ1v) is 7.65. The average Bonchev–Trinajstić information content (AvgIpc) is 2.94. The second-order valence-electron chi connectivity index (χ2n) is 6.10. The molecule has 3 rings (SSSR count). The molecule has 3 fully saturated rings. The molecule has 0 spiro atoms. The smallest absolute Gasteiger partial charge is 0.0746 e. The largest absolute Gasteiger partial charge is 0.287 e. The zero-order valence-electron chi connectivity index (χ0n) is 11.1. The van der Waals surface area contributed by atoms with Gasteiger partial charge in [-0.3, -0.25) is 5.32 Å². The second-order valence-corrected chi connectivity index (χ2v) is 6.10. The van der Waals surface area contributed by atoms with Crippen LogP contribution in [-0.4, -0.2) is 23.9 Å². The van der Waals surface area contributed by atoms with Crippen molar-refractivity contribution in [2.24, 2.45) is 11.8 Å². The summed E-state index contributed by atoms with van der Waals surface area (Å²) in [6, 6.07) is 0.829. The first kappa shape index (κ1) is 11.9. The second kappa shape index (κ2) is 5.25. The highest BCUT2D eigenvalue weighted by atomic mass is 15.6. The van der Waals surface area contributed by atoms with E-state index in [9.17, 15) is 0 Å². The lowest BCUT2D eigenvalue weighted by atomic mass is 9.83. The molecule has 98 valence electrons. The first-order chi connectivity index (χ1) is 8.40. The number of hydrogen-bond acceptors (Lipinski definition) is 3. The molecule has 2 heterocycles. The third-order valence-electron chi connectivity index (χ3n) is 5.18. The Morgan fingerprint density at radius 2 is 2.06 bits per heavy atom. The minimum atomic E-state index is 0.630. The summed E-state index contributed by atoms with van der Waals surface area (Å²) in [5.74, 6) is 2.01. The zero-order chi connectivity index (χ0) is 11.7. The maximum absolute atomic E-state index is 3.55. The molecule has 0 aromatic heterocycles. The van der Waals surface area contributed by atoms with Crippen LogP contribution in [0.5, 0.6) is 0 Å². The minimum Gasteiger partial charge on any atom is -0.287 e. The summed E-state index contributed by atoms with van der Waals surface area (Å²) in [5, 5.41) is 6.10. The van der Waals surface area contributed by atoms with Gasteiger partial charge in [0.25, 0.3) is 0 Å². The first-order valence-electron chi connectivity index (χ1n) is 7.65. The van der Waals surface area contributed by atoms with Crippen LogP contribution in [0, 0.1) is 11.8 Å². The van der Waals surface area contributed by atoms with Crippen LogP contribution in [0.2, 0.25) is 0 Å². The van der Waals surface area contributed by atoms with Crippen molar-refractivity contribution in [3.63, 3.8) is 0 Å². The van der Waals surface area contributed by atoms with Crippen molar-refractivity contribution in [2.45, 2.75) is 70.5 Å². The van der Waals surface area contributed by atoms with Gasteiger partial charge in [0.05, 0.1) is 12.8 Å². The number of nitrogens with one attached hydrogen (secondary N) is 2. The summed E-state index contributed by atoms with van der Waals surface area (Å²) in [6.07, 6.45) is 12.1. The maximum atomic E-state index is 3.55. The standard InChI is InChI=1S/C14H27N3/c1-2-3-4-5-11-6-8-13-12(11)7-9-14-15-10-16-17(13)14/h11-16H,2-10H2,1H3. The molecular formula is C14H27N3. The lowest BCUT2D eigenvalue weighted by Gasteiger charge is -2.40. The molecule has 2 N–H and O–H groups in total. The number of rotatable bonds is 4. The number of hydrogen-bond donors (Lipinski definition) is 2. The Bertz CT molecular complexity index is 256. The molecule has 0 radical (unpaired) electrons. The molecule has 0 aromatic rings. The number of piperidine rings is 1. The number of hydrazine groups is 1. The summed E-state index contributed by atoms with van der Waals surface area (Å²) in [5.41, 5.74) is 3.54. The summed E-state index contributed by atoms with van der Waals surface area (Å²) < 4.78 is 0. The Balaban J connectivity index is 1.57. The zero-order valence-corrected chi connectivity index (χ0v) is 11.1. The highest BCUT2D eigenvalue weighted by Gasteiger charge is 2.45. The molecule has 4 atom stereocenters. The van der Waals surface area contributed by atoms with Crippen LogP contribution in [-0.2, 0) is 0 Å². The van der Waals surface area contributed by atoms with E-state index in [1.54, 1.807) is 0 Å². The molecule has 0 amide bonds. The van der Waals surface area contributed by atoms with E-state index >= 15 is 0 Å².